The van der Waals surface area contributed by atoms with E-state index in [1.54, 1.807) is 29.2 Å². The van der Waals surface area contributed by atoms with E-state index >= 15 is 0 Å². The van der Waals surface area contributed by atoms with Gasteiger partial charge in [-0.2, -0.15) is 4.98 Å². The molecule has 1 heterocycles. The second kappa shape index (κ2) is 8.44. The number of aromatic nitrogens is 2. The minimum Gasteiger partial charge on any atom is -0.484 e. The summed E-state index contributed by atoms with van der Waals surface area (Å²) in [5, 5.41) is 4.63. The van der Waals surface area contributed by atoms with Crippen LogP contribution >= 0.6 is 11.6 Å². The van der Waals surface area contributed by atoms with Crippen LogP contribution in [0.1, 0.15) is 26.7 Å². The van der Waals surface area contributed by atoms with Gasteiger partial charge in [0.15, 0.2) is 6.61 Å². The Kier molecular flexibility index (Phi) is 5.99. The molecule has 0 fully saturated rings. The number of hydrogen-bond donors (Lipinski definition) is 0. The van der Waals surface area contributed by atoms with Crippen LogP contribution in [0.2, 0.25) is 5.02 Å². The molecule has 0 aliphatic carbocycles. The highest BCUT2D eigenvalue weighted by molar-refractivity contribution is 6.30. The molecule has 3 rings (SSSR count). The molecule has 0 saturated heterocycles. The Morgan fingerprint density at radius 1 is 1.11 bits per heavy atom. The van der Waals surface area contributed by atoms with Gasteiger partial charge in [-0.25, -0.2) is 0 Å². The lowest BCUT2D eigenvalue weighted by Crippen LogP contribution is -2.47. The Labute approximate surface area is 169 Å². The van der Waals surface area contributed by atoms with E-state index in [0.717, 1.165) is 5.56 Å². The van der Waals surface area contributed by atoms with Crippen LogP contribution in [-0.4, -0.2) is 33.1 Å². The molecule has 0 bridgehead atoms. The number of halogens is 1. The van der Waals surface area contributed by atoms with Crippen molar-refractivity contribution in [2.24, 2.45) is 0 Å². The molecular formula is C21H22ClN3O3. The number of benzene rings is 2. The molecule has 1 amide bonds. The Balaban J connectivity index is 1.69. The van der Waals surface area contributed by atoms with E-state index < -0.39 is 5.54 Å². The van der Waals surface area contributed by atoms with E-state index in [1.165, 1.54) is 0 Å². The van der Waals surface area contributed by atoms with E-state index in [9.17, 15) is 4.79 Å². The van der Waals surface area contributed by atoms with E-state index in [-0.39, 0.29) is 19.1 Å². The lowest BCUT2D eigenvalue weighted by Gasteiger charge is -2.34. The molecular weight excluding hydrogens is 378 g/mol. The zero-order valence-corrected chi connectivity index (χ0v) is 16.8. The summed E-state index contributed by atoms with van der Waals surface area (Å²) >= 11 is 5.87. The van der Waals surface area contributed by atoms with E-state index in [1.807, 2.05) is 51.1 Å². The summed E-state index contributed by atoms with van der Waals surface area (Å²) in [6, 6.07) is 16.4. The van der Waals surface area contributed by atoms with Crippen molar-refractivity contribution in [2.75, 3.05) is 6.61 Å². The molecule has 0 N–H and O–H groups in total. The Hall–Kier alpha value is -2.86. The fraction of sp³-hybridized carbons (Fsp3) is 0.286. The number of hydrogen-bond acceptors (Lipinski definition) is 5. The summed E-state index contributed by atoms with van der Waals surface area (Å²) in [5.74, 6) is 1.26. The molecule has 0 saturated carbocycles. The number of amides is 1. The first-order valence-electron chi connectivity index (χ1n) is 8.90. The number of rotatable bonds is 6. The first-order valence-corrected chi connectivity index (χ1v) is 9.27. The van der Waals surface area contributed by atoms with Gasteiger partial charge in [0, 0.05) is 16.1 Å². The normalized spacial score (nSPS) is 11.3. The predicted octanol–water partition coefficient (Wildman–Crippen LogP) is 4.60. The molecule has 6 nitrogen and oxygen atoms in total. The van der Waals surface area contributed by atoms with Crippen molar-refractivity contribution in [3.8, 4) is 17.1 Å². The van der Waals surface area contributed by atoms with Crippen LogP contribution in [0.25, 0.3) is 11.4 Å². The number of ether oxygens (including phenoxy) is 1. The molecule has 7 heteroatoms. The maximum atomic E-state index is 12.8. The summed E-state index contributed by atoms with van der Waals surface area (Å²) in [4.78, 5) is 18.9. The minimum absolute atomic E-state index is 0.0986. The van der Waals surface area contributed by atoms with Gasteiger partial charge in [0.25, 0.3) is 5.91 Å². The van der Waals surface area contributed by atoms with Crippen molar-refractivity contribution in [1.82, 2.24) is 15.0 Å². The number of nitrogens with zero attached hydrogens (tertiary/aromatic N) is 3. The van der Waals surface area contributed by atoms with Crippen LogP contribution in [0.4, 0.5) is 0 Å². The molecule has 0 radical (unpaired) electrons. The summed E-state index contributed by atoms with van der Waals surface area (Å²) in [6.07, 6.45) is 0. The van der Waals surface area contributed by atoms with Gasteiger partial charge in [0.1, 0.15) is 12.3 Å². The standard InChI is InChI=1S/C21H22ClN3O3/c1-21(2,3)25(19(26)14-27-17-11-9-16(22)10-12-17)13-18-23-20(24-28-18)15-7-5-4-6-8-15/h4-12H,13-14H2,1-3H3. The average molecular weight is 400 g/mol. The Bertz CT molecular complexity index is 918. The molecule has 2 aromatic carbocycles. The van der Waals surface area contributed by atoms with Gasteiger partial charge in [0.2, 0.25) is 11.7 Å². The van der Waals surface area contributed by atoms with Gasteiger partial charge in [-0.3, -0.25) is 4.79 Å². The second-order valence-corrected chi connectivity index (χ2v) is 7.71. The predicted molar refractivity (Wildman–Crippen MR) is 107 cm³/mol. The fourth-order valence-electron chi connectivity index (χ4n) is 2.61. The van der Waals surface area contributed by atoms with Gasteiger partial charge >= 0.3 is 0 Å². The lowest BCUT2D eigenvalue weighted by molar-refractivity contribution is -0.139. The van der Waals surface area contributed by atoms with Crippen LogP contribution in [0, 0.1) is 0 Å². The zero-order chi connectivity index (χ0) is 20.1. The van der Waals surface area contributed by atoms with Gasteiger partial charge in [0.05, 0.1) is 0 Å². The molecule has 28 heavy (non-hydrogen) atoms. The van der Waals surface area contributed by atoms with E-state index in [4.69, 9.17) is 20.9 Å². The zero-order valence-electron chi connectivity index (χ0n) is 16.1. The Morgan fingerprint density at radius 2 is 1.79 bits per heavy atom. The van der Waals surface area contributed by atoms with Crippen LogP contribution in [0.15, 0.2) is 59.1 Å². The summed E-state index contributed by atoms with van der Waals surface area (Å²) in [6.45, 7) is 5.94. The van der Waals surface area contributed by atoms with Crippen molar-refractivity contribution in [3.63, 3.8) is 0 Å². The molecule has 0 unspecified atom stereocenters. The van der Waals surface area contributed by atoms with Gasteiger partial charge in [-0.05, 0) is 45.0 Å². The SMILES string of the molecule is CC(C)(C)N(Cc1nc(-c2ccccc2)no1)C(=O)COc1ccc(Cl)cc1. The smallest absolute Gasteiger partial charge is 0.261 e. The molecule has 146 valence electrons. The van der Waals surface area contributed by atoms with Crippen LogP contribution in [0.5, 0.6) is 5.75 Å². The highest BCUT2D eigenvalue weighted by Crippen LogP contribution is 2.21. The van der Waals surface area contributed by atoms with Crippen molar-refractivity contribution in [3.05, 3.63) is 65.5 Å². The summed E-state index contributed by atoms with van der Waals surface area (Å²) < 4.78 is 11.0. The van der Waals surface area contributed by atoms with Crippen LogP contribution in [-0.2, 0) is 11.3 Å². The van der Waals surface area contributed by atoms with Crippen molar-refractivity contribution >= 4 is 17.5 Å². The van der Waals surface area contributed by atoms with E-state index in [2.05, 4.69) is 10.1 Å². The number of carbonyl (C=O) groups excluding carboxylic acids is 1. The second-order valence-electron chi connectivity index (χ2n) is 7.27. The van der Waals surface area contributed by atoms with Crippen molar-refractivity contribution in [2.45, 2.75) is 32.9 Å². The maximum absolute atomic E-state index is 12.8. The quantitative estimate of drug-likeness (QED) is 0.606. The summed E-state index contributed by atoms with van der Waals surface area (Å²) in [5.41, 5.74) is 0.416. The highest BCUT2D eigenvalue weighted by Gasteiger charge is 2.29. The summed E-state index contributed by atoms with van der Waals surface area (Å²) in [7, 11) is 0. The molecule has 0 aliphatic heterocycles. The molecule has 3 aromatic rings. The first-order chi connectivity index (χ1) is 13.3. The third-order valence-corrected chi connectivity index (χ3v) is 4.33. The van der Waals surface area contributed by atoms with Gasteiger partial charge < -0.3 is 14.2 Å². The van der Waals surface area contributed by atoms with Crippen LogP contribution in [0.3, 0.4) is 0 Å². The topological polar surface area (TPSA) is 68.5 Å². The highest BCUT2D eigenvalue weighted by atomic mass is 35.5. The maximum Gasteiger partial charge on any atom is 0.261 e. The van der Waals surface area contributed by atoms with E-state index in [0.29, 0.717) is 22.5 Å². The average Bonchev–Trinajstić information content (AvgIpc) is 3.14. The lowest BCUT2D eigenvalue weighted by atomic mass is 10.1. The van der Waals surface area contributed by atoms with Crippen LogP contribution < -0.4 is 4.74 Å². The van der Waals surface area contributed by atoms with Gasteiger partial charge in [-0.1, -0.05) is 47.1 Å². The molecule has 0 atom stereocenters. The first kappa shape index (κ1) is 19.9. The fourth-order valence-corrected chi connectivity index (χ4v) is 2.74. The van der Waals surface area contributed by atoms with Crippen molar-refractivity contribution in [1.29, 1.82) is 0 Å². The molecule has 0 spiro atoms. The minimum atomic E-state index is -0.443. The van der Waals surface area contributed by atoms with Crippen molar-refractivity contribution < 1.29 is 14.1 Å². The third-order valence-electron chi connectivity index (χ3n) is 4.08. The molecule has 1 aromatic heterocycles. The molecule has 0 aliphatic rings. The number of carbonyl (C=O) groups is 1. The third kappa shape index (κ3) is 5.10. The monoisotopic (exact) mass is 399 g/mol. The van der Waals surface area contributed by atoms with Gasteiger partial charge in [-0.15, -0.1) is 0 Å². The Morgan fingerprint density at radius 3 is 2.43 bits per heavy atom. The largest absolute Gasteiger partial charge is 0.484 e.